The number of aliphatic carboxylic acids is 4. The minimum Gasteiger partial charge on any atom is -0.480 e. The molecule has 0 saturated carbocycles. The van der Waals surface area contributed by atoms with E-state index in [9.17, 15) is 66.4 Å². The Hall–Kier alpha value is -6.64. The van der Waals surface area contributed by atoms with Crippen molar-refractivity contribution in [2.75, 3.05) is 32.0 Å². The van der Waals surface area contributed by atoms with Crippen LogP contribution in [-0.4, -0.2) is 144 Å². The molecule has 5 atom stereocenters. The van der Waals surface area contributed by atoms with Crippen LogP contribution in [0, 0.1) is 17.0 Å². The van der Waals surface area contributed by atoms with Gasteiger partial charge in [0.15, 0.2) is 0 Å². The summed E-state index contributed by atoms with van der Waals surface area (Å²) in [6, 6.07) is 8.59. The van der Waals surface area contributed by atoms with Crippen molar-refractivity contribution in [3.05, 3.63) is 83.7 Å². The van der Waals surface area contributed by atoms with Gasteiger partial charge in [0.2, 0.25) is 23.6 Å². The van der Waals surface area contributed by atoms with Crippen molar-refractivity contribution in [2.24, 2.45) is 16.9 Å². The molecular weight excluding hydrogens is 938 g/mol. The highest BCUT2D eigenvalue weighted by Gasteiger charge is 2.39. The Bertz CT molecular complexity index is 2260. The van der Waals surface area contributed by atoms with Crippen LogP contribution in [0.5, 0.6) is 0 Å². The van der Waals surface area contributed by atoms with Gasteiger partial charge in [0.1, 0.15) is 35.6 Å². The number of halogens is 5. The quantitative estimate of drug-likeness (QED) is 0.0603. The first-order chi connectivity index (χ1) is 31.6. The Labute approximate surface area is 389 Å². The average Bonchev–Trinajstić information content (AvgIpc) is 3.65. The maximum atomic E-state index is 15.1. The molecule has 1 heterocycles. The average molecular weight is 990 g/mol. The Balaban J connectivity index is 0.00000209. The molecule has 0 saturated heterocycles. The smallest absolute Gasteiger partial charge is 0.480 e. The molecule has 68 heavy (non-hydrogen) atoms. The first-order valence-corrected chi connectivity index (χ1v) is 21.2. The number of nitrogens with one attached hydrogen (secondary N) is 3. The van der Waals surface area contributed by atoms with E-state index in [4.69, 9.17) is 26.5 Å². The number of nitrogens with zero attached hydrogens (tertiary/aromatic N) is 2. The van der Waals surface area contributed by atoms with Crippen LogP contribution < -0.4 is 27.4 Å². The number of thioether (sulfide) groups is 1. The molecule has 0 fully saturated rings. The van der Waals surface area contributed by atoms with Gasteiger partial charge < -0.3 is 62.4 Å². The summed E-state index contributed by atoms with van der Waals surface area (Å²) >= 11 is 0.628. The summed E-state index contributed by atoms with van der Waals surface area (Å²) in [4.78, 5) is 96.0. The van der Waals surface area contributed by atoms with Crippen molar-refractivity contribution < 1.29 is 85.8 Å². The van der Waals surface area contributed by atoms with E-state index in [1.54, 1.807) is 16.8 Å². The third-order valence-electron chi connectivity index (χ3n) is 9.50. The van der Waals surface area contributed by atoms with Crippen molar-refractivity contribution in [1.29, 1.82) is 0 Å². The summed E-state index contributed by atoms with van der Waals surface area (Å²) in [5, 5.41) is 50.5. The van der Waals surface area contributed by atoms with Crippen molar-refractivity contribution in [1.82, 2.24) is 25.4 Å². The summed E-state index contributed by atoms with van der Waals surface area (Å²) in [6.07, 6.45) is -4.31. The Kier molecular flexibility index (Phi) is 22.0. The molecule has 20 nitrogen and oxygen atoms in total. The van der Waals surface area contributed by atoms with Gasteiger partial charge in [-0.25, -0.2) is 18.4 Å². The molecule has 0 aliphatic carbocycles. The molecule has 3 rings (SSSR count). The fourth-order valence-corrected chi connectivity index (χ4v) is 7.19. The number of aromatic nitrogens is 1. The molecule has 0 bridgehead atoms. The highest BCUT2D eigenvalue weighted by Crippen LogP contribution is 2.41. The zero-order chi connectivity index (χ0) is 51.7. The maximum Gasteiger partial charge on any atom is 0.490 e. The molecule has 12 N–H and O–H groups in total. The topological polar surface area (TPSA) is 334 Å². The number of aliphatic hydroxyl groups is 1. The predicted octanol–water partition coefficient (Wildman–Crippen LogP) is 1.53. The largest absolute Gasteiger partial charge is 0.490 e. The van der Waals surface area contributed by atoms with Gasteiger partial charge in [-0.05, 0) is 41.7 Å². The van der Waals surface area contributed by atoms with Crippen LogP contribution in [0.25, 0.3) is 11.1 Å². The number of hydrogen-bond donors (Lipinski definition) is 10. The second kappa shape index (κ2) is 26.0. The molecule has 2 aromatic carbocycles. The monoisotopic (exact) mass is 989 g/mol. The lowest BCUT2D eigenvalue weighted by atomic mass is 9.82. The number of carboxylic acid groups (broad SMARTS) is 4. The standard InChI is InChI=1S/C40H51F2N7O11S.C2HF3O2/c1-40(2,3)35(30-13-23(25-14-24(41)9-10-26(25)42)19-48(30)18-22-7-5-4-6-8-22)49(34(53)20-50)12-11-27(43)36(54)47-29(38(57)58)16-45-33(52)17-46-32(51)15-31(39(59)60)61-21-28(44)37(55)56;3-2(4,5)1(6)7/h4-10,13-14,19,27-29,31,35,50H,11-12,15-18,20-21,43-44H2,1-3H3,(H,45,52)(H,46,51)(H,47,54)(H,55,56)(H,57,58)(H,59,60);(H,6,7)/t27-,28-,29+,31?,35-;/m0./s1. The van der Waals surface area contributed by atoms with Gasteiger partial charge in [-0.15, -0.1) is 11.8 Å². The Morgan fingerprint density at radius 3 is 1.97 bits per heavy atom. The zero-order valence-electron chi connectivity index (χ0n) is 36.7. The van der Waals surface area contributed by atoms with Crippen LogP contribution in [0.2, 0.25) is 0 Å². The number of amides is 4. The van der Waals surface area contributed by atoms with Crippen molar-refractivity contribution in [3.8, 4) is 11.1 Å². The lowest BCUT2D eigenvalue weighted by molar-refractivity contribution is -0.192. The number of hydrogen-bond acceptors (Lipinski definition) is 12. The predicted molar refractivity (Wildman–Crippen MR) is 232 cm³/mol. The molecular formula is C42H52F5N7O13S. The zero-order valence-corrected chi connectivity index (χ0v) is 37.5. The van der Waals surface area contributed by atoms with E-state index in [0.717, 1.165) is 23.8 Å². The molecule has 4 amide bonds. The van der Waals surface area contributed by atoms with E-state index < -0.39 is 126 Å². The van der Waals surface area contributed by atoms with Crippen LogP contribution in [0.1, 0.15) is 50.9 Å². The van der Waals surface area contributed by atoms with Crippen LogP contribution in [-0.2, 0) is 44.9 Å². The third kappa shape index (κ3) is 18.6. The molecule has 0 radical (unpaired) electrons. The molecule has 0 aliphatic rings. The van der Waals surface area contributed by atoms with Crippen LogP contribution in [0.4, 0.5) is 22.0 Å². The second-order valence-electron chi connectivity index (χ2n) is 15.9. The molecule has 0 spiro atoms. The Morgan fingerprint density at radius 1 is 0.824 bits per heavy atom. The first kappa shape index (κ1) is 57.5. The van der Waals surface area contributed by atoms with Gasteiger partial charge in [0, 0.05) is 54.8 Å². The van der Waals surface area contributed by atoms with Crippen LogP contribution >= 0.6 is 11.8 Å². The van der Waals surface area contributed by atoms with E-state index >= 15 is 4.39 Å². The van der Waals surface area contributed by atoms with Crippen molar-refractivity contribution >= 4 is 59.3 Å². The van der Waals surface area contributed by atoms with E-state index in [1.165, 1.54) is 4.90 Å². The second-order valence-corrected chi connectivity index (χ2v) is 17.1. The number of rotatable bonds is 23. The lowest BCUT2D eigenvalue weighted by Crippen LogP contribution is -2.54. The summed E-state index contributed by atoms with van der Waals surface area (Å²) in [6.45, 7) is 3.24. The van der Waals surface area contributed by atoms with E-state index in [-0.39, 0.29) is 30.8 Å². The number of carbonyl (C=O) groups excluding carboxylic acids is 4. The van der Waals surface area contributed by atoms with Gasteiger partial charge in [-0.3, -0.25) is 28.8 Å². The fraction of sp³-hybridized carbons (Fsp3) is 0.429. The molecule has 1 unspecified atom stereocenters. The minimum absolute atomic E-state index is 0.0193. The van der Waals surface area contributed by atoms with Crippen molar-refractivity contribution in [2.45, 2.75) is 75.8 Å². The van der Waals surface area contributed by atoms with Gasteiger partial charge in [-0.1, -0.05) is 51.1 Å². The van der Waals surface area contributed by atoms with E-state index in [0.29, 0.717) is 23.0 Å². The van der Waals surface area contributed by atoms with Gasteiger partial charge in [0.05, 0.1) is 18.6 Å². The Morgan fingerprint density at radius 2 is 1.44 bits per heavy atom. The summed E-state index contributed by atoms with van der Waals surface area (Å²) in [5.41, 5.74) is 12.4. The summed E-state index contributed by atoms with van der Waals surface area (Å²) in [7, 11) is 0. The van der Waals surface area contributed by atoms with Crippen molar-refractivity contribution in [3.63, 3.8) is 0 Å². The highest BCUT2D eigenvalue weighted by molar-refractivity contribution is 8.00. The van der Waals surface area contributed by atoms with Gasteiger partial charge in [0.25, 0.3) is 0 Å². The highest BCUT2D eigenvalue weighted by atomic mass is 32.2. The number of alkyl halides is 3. The van der Waals surface area contributed by atoms with Crippen LogP contribution in [0.15, 0.2) is 60.8 Å². The van der Waals surface area contributed by atoms with E-state index in [2.05, 4.69) is 16.0 Å². The fourth-order valence-electron chi connectivity index (χ4n) is 6.19. The minimum atomic E-state index is -5.08. The molecule has 0 aliphatic heterocycles. The van der Waals surface area contributed by atoms with Crippen LogP contribution in [0.3, 0.4) is 0 Å². The third-order valence-corrected chi connectivity index (χ3v) is 10.8. The molecule has 1 aromatic heterocycles. The van der Waals surface area contributed by atoms with Gasteiger partial charge >= 0.3 is 30.1 Å². The normalized spacial score (nSPS) is 13.6. The maximum absolute atomic E-state index is 15.1. The lowest BCUT2D eigenvalue weighted by Gasteiger charge is -2.41. The number of nitrogens with two attached hydrogens (primary N) is 2. The molecule has 26 heteroatoms. The number of aliphatic hydroxyl groups excluding tert-OH is 1. The molecule has 374 valence electrons. The summed E-state index contributed by atoms with van der Waals surface area (Å²) in [5.74, 6) is -12.2. The van der Waals surface area contributed by atoms with E-state index in [1.807, 2.05) is 51.1 Å². The first-order valence-electron chi connectivity index (χ1n) is 20.1. The number of benzene rings is 2. The number of carboxylic acids is 4. The SMILES string of the molecule is CC(C)(C)[C@H](c1cc(-c2cc(F)ccc2F)cn1Cc1ccccc1)N(CC[C@H](N)C(=O)N[C@H](CNC(=O)CNC(=O)CC(SC[C@H](N)C(=O)O)C(=O)O)C(=O)O)C(=O)CO.O=C(O)C(F)(F)F. The van der Waals surface area contributed by atoms with Gasteiger partial charge in [-0.2, -0.15) is 13.2 Å². The molecule has 3 aromatic rings. The number of carbonyl (C=O) groups is 8. The summed E-state index contributed by atoms with van der Waals surface area (Å²) < 4.78 is 62.9.